The number of piperidine rings is 2. The topological polar surface area (TPSA) is 61.9 Å². The van der Waals surface area contributed by atoms with E-state index in [1.165, 1.54) is 6.42 Å². The highest BCUT2D eigenvalue weighted by atomic mass is 16.5. The molecule has 0 aliphatic carbocycles. The van der Waals surface area contributed by atoms with E-state index in [-0.39, 0.29) is 11.8 Å². The smallest absolute Gasteiger partial charge is 0.258 e. The summed E-state index contributed by atoms with van der Waals surface area (Å²) in [6.07, 6.45) is 4.86. The molecule has 3 aliphatic heterocycles. The first-order valence-corrected chi connectivity index (χ1v) is 9.26. The van der Waals surface area contributed by atoms with Gasteiger partial charge < -0.3 is 15.0 Å². The predicted molar refractivity (Wildman–Crippen MR) is 93.4 cm³/mol. The normalized spacial score (nSPS) is 22.9. The molecule has 25 heavy (non-hydrogen) atoms. The summed E-state index contributed by atoms with van der Waals surface area (Å²) in [5, 5.41) is 3.04. The van der Waals surface area contributed by atoms with Crippen molar-refractivity contribution in [3.63, 3.8) is 0 Å². The number of rotatable bonds is 2. The maximum atomic E-state index is 12.4. The molecule has 2 amide bonds. The zero-order chi connectivity index (χ0) is 17.3. The molecule has 0 saturated carbocycles. The number of carbonyl (C=O) groups is 2. The summed E-state index contributed by atoms with van der Waals surface area (Å²) in [6, 6.07) is 7.36. The van der Waals surface area contributed by atoms with E-state index in [1.54, 1.807) is 6.07 Å². The number of amides is 2. The third-order valence-electron chi connectivity index (χ3n) is 5.51. The number of ether oxygens (including phenoxy) is 1. The summed E-state index contributed by atoms with van der Waals surface area (Å²) in [7, 11) is 0. The van der Waals surface area contributed by atoms with Gasteiger partial charge in [-0.3, -0.25) is 14.5 Å². The van der Waals surface area contributed by atoms with E-state index in [4.69, 9.17) is 4.74 Å². The summed E-state index contributed by atoms with van der Waals surface area (Å²) >= 11 is 0. The van der Waals surface area contributed by atoms with Gasteiger partial charge in [0.1, 0.15) is 5.75 Å². The number of nitrogens with zero attached hydrogens (tertiary/aromatic N) is 2. The highest BCUT2D eigenvalue weighted by Gasteiger charge is 2.42. The molecule has 3 aliphatic rings. The molecule has 2 fully saturated rings. The lowest BCUT2D eigenvalue weighted by molar-refractivity contribution is -0.134. The second-order valence-corrected chi connectivity index (χ2v) is 7.26. The molecule has 3 heterocycles. The second kappa shape index (κ2) is 6.67. The Kier molecular flexibility index (Phi) is 4.37. The Hall–Kier alpha value is -2.08. The second-order valence-electron chi connectivity index (χ2n) is 7.26. The first-order valence-electron chi connectivity index (χ1n) is 9.26. The van der Waals surface area contributed by atoms with E-state index >= 15 is 0 Å². The van der Waals surface area contributed by atoms with Crippen LogP contribution in [0.5, 0.6) is 5.75 Å². The molecule has 134 valence electrons. The van der Waals surface area contributed by atoms with Gasteiger partial charge in [0.25, 0.3) is 5.91 Å². The van der Waals surface area contributed by atoms with Crippen molar-refractivity contribution in [2.45, 2.75) is 37.8 Å². The first kappa shape index (κ1) is 16.4. The zero-order valence-electron chi connectivity index (χ0n) is 14.5. The van der Waals surface area contributed by atoms with E-state index in [9.17, 15) is 9.59 Å². The molecular weight excluding hydrogens is 318 g/mol. The Labute approximate surface area is 148 Å². The van der Waals surface area contributed by atoms with Gasteiger partial charge in [-0.15, -0.1) is 0 Å². The van der Waals surface area contributed by atoms with Crippen molar-refractivity contribution in [1.82, 2.24) is 15.1 Å². The van der Waals surface area contributed by atoms with Gasteiger partial charge in [-0.1, -0.05) is 12.1 Å². The van der Waals surface area contributed by atoms with Crippen molar-refractivity contribution in [2.75, 3.05) is 32.7 Å². The molecule has 0 unspecified atom stereocenters. The van der Waals surface area contributed by atoms with Gasteiger partial charge in [0.15, 0.2) is 5.72 Å². The Morgan fingerprint density at radius 2 is 1.80 bits per heavy atom. The van der Waals surface area contributed by atoms with Crippen molar-refractivity contribution in [3.8, 4) is 5.75 Å². The molecule has 4 rings (SSSR count). The van der Waals surface area contributed by atoms with Gasteiger partial charge >= 0.3 is 0 Å². The van der Waals surface area contributed by atoms with Crippen molar-refractivity contribution in [2.24, 2.45) is 0 Å². The number of benzene rings is 1. The van der Waals surface area contributed by atoms with Crippen LogP contribution in [0, 0.1) is 0 Å². The monoisotopic (exact) mass is 343 g/mol. The van der Waals surface area contributed by atoms with Crippen LogP contribution in [-0.2, 0) is 4.79 Å². The minimum absolute atomic E-state index is 0.0697. The van der Waals surface area contributed by atoms with Crippen LogP contribution in [0.15, 0.2) is 24.3 Å². The molecule has 1 spiro atoms. The molecule has 6 nitrogen and oxygen atoms in total. The maximum absolute atomic E-state index is 12.4. The lowest BCUT2D eigenvalue weighted by Crippen LogP contribution is -2.61. The number of carbonyl (C=O) groups excluding carboxylic acids is 2. The fraction of sp³-hybridized carbons (Fsp3) is 0.579. The number of likely N-dealkylation sites (tertiary alicyclic amines) is 2. The van der Waals surface area contributed by atoms with Gasteiger partial charge in [-0.2, -0.15) is 0 Å². The maximum Gasteiger partial charge on any atom is 0.258 e. The van der Waals surface area contributed by atoms with Gasteiger partial charge in [-0.05, 0) is 31.4 Å². The van der Waals surface area contributed by atoms with E-state index in [0.29, 0.717) is 30.7 Å². The third kappa shape index (κ3) is 3.35. The molecule has 6 heteroatoms. The summed E-state index contributed by atoms with van der Waals surface area (Å²) in [6.45, 7) is 3.77. The largest absolute Gasteiger partial charge is 0.467 e. The van der Waals surface area contributed by atoms with Gasteiger partial charge in [0, 0.05) is 39.0 Å². The highest BCUT2D eigenvalue weighted by Crippen LogP contribution is 2.33. The van der Waals surface area contributed by atoms with Crippen LogP contribution in [0.25, 0.3) is 0 Å². The zero-order valence-corrected chi connectivity index (χ0v) is 14.5. The van der Waals surface area contributed by atoms with E-state index < -0.39 is 5.72 Å². The van der Waals surface area contributed by atoms with Gasteiger partial charge in [0.2, 0.25) is 5.91 Å². The van der Waals surface area contributed by atoms with E-state index in [1.807, 2.05) is 23.1 Å². The standard InChI is InChI=1S/C19H25N3O3/c23-17(22-10-4-1-5-11-22)14-21-12-8-19(9-13-21)20-18(24)15-6-2-3-7-16(15)25-19/h2-3,6-7H,1,4-5,8-14H2,(H,20,24). The van der Waals surface area contributed by atoms with Crippen molar-refractivity contribution >= 4 is 11.8 Å². The Morgan fingerprint density at radius 1 is 1.08 bits per heavy atom. The predicted octanol–water partition coefficient (Wildman–Crippen LogP) is 1.61. The summed E-state index contributed by atoms with van der Waals surface area (Å²) in [5.74, 6) is 0.818. The molecule has 0 radical (unpaired) electrons. The summed E-state index contributed by atoms with van der Waals surface area (Å²) in [4.78, 5) is 29.0. The van der Waals surface area contributed by atoms with Gasteiger partial charge in [0.05, 0.1) is 12.1 Å². The number of nitrogens with one attached hydrogen (secondary N) is 1. The van der Waals surface area contributed by atoms with E-state index in [2.05, 4.69) is 10.2 Å². The first-order chi connectivity index (χ1) is 12.2. The van der Waals surface area contributed by atoms with Crippen LogP contribution in [0.4, 0.5) is 0 Å². The fourth-order valence-corrected chi connectivity index (χ4v) is 3.99. The molecular formula is C19H25N3O3. The van der Waals surface area contributed by atoms with Crippen LogP contribution >= 0.6 is 0 Å². The van der Waals surface area contributed by atoms with Crippen molar-refractivity contribution in [3.05, 3.63) is 29.8 Å². The minimum atomic E-state index is -0.629. The number of para-hydroxylation sites is 1. The van der Waals surface area contributed by atoms with Crippen LogP contribution in [-0.4, -0.2) is 60.1 Å². The van der Waals surface area contributed by atoms with Crippen molar-refractivity contribution in [1.29, 1.82) is 0 Å². The average Bonchev–Trinajstić information content (AvgIpc) is 2.64. The molecule has 2 saturated heterocycles. The Morgan fingerprint density at radius 3 is 2.56 bits per heavy atom. The molecule has 1 N–H and O–H groups in total. The lowest BCUT2D eigenvalue weighted by atomic mass is 9.97. The summed E-state index contributed by atoms with van der Waals surface area (Å²) in [5.41, 5.74) is -0.0355. The Bertz CT molecular complexity index is 662. The molecule has 0 bridgehead atoms. The fourth-order valence-electron chi connectivity index (χ4n) is 3.99. The van der Waals surface area contributed by atoms with Crippen LogP contribution in [0.2, 0.25) is 0 Å². The quantitative estimate of drug-likeness (QED) is 0.886. The van der Waals surface area contributed by atoms with Crippen LogP contribution in [0.3, 0.4) is 0 Å². The number of fused-ring (bicyclic) bond motifs is 1. The third-order valence-corrected chi connectivity index (χ3v) is 5.51. The number of hydrogen-bond donors (Lipinski definition) is 1. The highest BCUT2D eigenvalue weighted by molar-refractivity contribution is 5.98. The SMILES string of the molecule is O=C1NC2(CCN(CC(=O)N3CCCCC3)CC2)Oc2ccccc21. The van der Waals surface area contributed by atoms with Crippen LogP contribution in [0.1, 0.15) is 42.5 Å². The molecule has 0 aromatic heterocycles. The molecule has 0 atom stereocenters. The Balaban J connectivity index is 1.35. The number of hydrogen-bond acceptors (Lipinski definition) is 4. The molecule has 1 aromatic rings. The van der Waals surface area contributed by atoms with Crippen molar-refractivity contribution < 1.29 is 14.3 Å². The summed E-state index contributed by atoms with van der Waals surface area (Å²) < 4.78 is 6.15. The lowest BCUT2D eigenvalue weighted by Gasteiger charge is -2.44. The minimum Gasteiger partial charge on any atom is -0.467 e. The molecule has 1 aromatic carbocycles. The van der Waals surface area contributed by atoms with E-state index in [0.717, 1.165) is 39.0 Å². The van der Waals surface area contributed by atoms with Crippen LogP contribution < -0.4 is 10.1 Å². The van der Waals surface area contributed by atoms with Gasteiger partial charge in [-0.25, -0.2) is 0 Å². The average molecular weight is 343 g/mol.